The summed E-state index contributed by atoms with van der Waals surface area (Å²) in [5.41, 5.74) is 0.664. The largest absolute Gasteiger partial charge is 0.476 e. The molecule has 19 heavy (non-hydrogen) atoms. The molecule has 2 rings (SSSR count). The number of rotatable bonds is 3. The van der Waals surface area contributed by atoms with E-state index in [9.17, 15) is 9.18 Å². The number of carboxylic acids is 1. The average Bonchev–Trinajstić information content (AvgIpc) is 2.70. The Morgan fingerprint density at radius 2 is 1.89 bits per heavy atom. The van der Waals surface area contributed by atoms with E-state index in [4.69, 9.17) is 5.11 Å². The van der Waals surface area contributed by atoms with E-state index < -0.39 is 11.6 Å². The fourth-order valence-corrected chi connectivity index (χ4v) is 1.88. The van der Waals surface area contributed by atoms with E-state index in [1.54, 1.807) is 31.3 Å². The van der Waals surface area contributed by atoms with Crippen LogP contribution in [0.4, 0.5) is 4.39 Å². The lowest BCUT2D eigenvalue weighted by Crippen LogP contribution is -2.08. The molecule has 4 nitrogen and oxygen atoms in total. The molecule has 0 unspecified atom stereocenters. The summed E-state index contributed by atoms with van der Waals surface area (Å²) in [7, 11) is 1.68. The number of aromatic carboxylic acids is 1. The molecule has 0 bridgehead atoms. The summed E-state index contributed by atoms with van der Waals surface area (Å²) < 4.78 is 15.2. The molecule has 0 radical (unpaired) electrons. The molecular formula is C14H15FN2O2. The molecule has 0 aliphatic carbocycles. The zero-order valence-electron chi connectivity index (χ0n) is 11.0. The second-order valence-electron chi connectivity index (χ2n) is 4.89. The Hall–Kier alpha value is -2.17. The Morgan fingerprint density at radius 1 is 1.32 bits per heavy atom. The lowest BCUT2D eigenvalue weighted by atomic mass is 9.98. The average molecular weight is 262 g/mol. The fraction of sp³-hybridized carbons (Fsp3) is 0.286. The molecule has 0 saturated heterocycles. The van der Waals surface area contributed by atoms with Crippen molar-refractivity contribution in [1.82, 2.24) is 9.78 Å². The molecular weight excluding hydrogens is 247 g/mol. The zero-order valence-corrected chi connectivity index (χ0v) is 11.0. The van der Waals surface area contributed by atoms with Crippen LogP contribution in [0.1, 0.15) is 29.9 Å². The number of benzene rings is 1. The van der Waals surface area contributed by atoms with E-state index in [1.807, 2.05) is 0 Å². The van der Waals surface area contributed by atoms with Gasteiger partial charge >= 0.3 is 5.97 Å². The summed E-state index contributed by atoms with van der Waals surface area (Å²) in [5.74, 6) is -1.07. The van der Waals surface area contributed by atoms with Crippen molar-refractivity contribution in [2.45, 2.75) is 19.5 Å². The minimum atomic E-state index is -1.39. The van der Waals surface area contributed by atoms with E-state index in [0.29, 0.717) is 11.3 Å². The highest BCUT2D eigenvalue weighted by atomic mass is 19.1. The van der Waals surface area contributed by atoms with Gasteiger partial charge in [0.15, 0.2) is 5.69 Å². The maximum absolute atomic E-state index is 13.7. The van der Waals surface area contributed by atoms with Gasteiger partial charge in [-0.25, -0.2) is 9.18 Å². The van der Waals surface area contributed by atoms with Gasteiger partial charge in [0.25, 0.3) is 0 Å². The SMILES string of the molecule is Cn1nc(C(=O)O)cc1-c1ccc(C(C)(C)F)cc1. The number of carboxylic acid groups (broad SMARTS) is 1. The Bertz CT molecular complexity index is 609. The molecule has 1 heterocycles. The minimum Gasteiger partial charge on any atom is -0.476 e. The maximum atomic E-state index is 13.7. The number of alkyl halides is 1. The van der Waals surface area contributed by atoms with Crippen molar-refractivity contribution in [1.29, 1.82) is 0 Å². The first-order valence-electron chi connectivity index (χ1n) is 5.86. The summed E-state index contributed by atoms with van der Waals surface area (Å²) in [4.78, 5) is 10.9. The smallest absolute Gasteiger partial charge is 0.356 e. The van der Waals surface area contributed by atoms with Crippen molar-refractivity contribution in [3.63, 3.8) is 0 Å². The summed E-state index contributed by atoms with van der Waals surface area (Å²) in [6.07, 6.45) is 0. The van der Waals surface area contributed by atoms with Gasteiger partial charge < -0.3 is 5.11 Å². The Kier molecular flexibility index (Phi) is 3.14. The second-order valence-corrected chi connectivity index (χ2v) is 4.89. The van der Waals surface area contributed by atoms with Crippen LogP contribution < -0.4 is 0 Å². The van der Waals surface area contributed by atoms with Gasteiger partial charge in [0.05, 0.1) is 5.69 Å². The van der Waals surface area contributed by atoms with Crippen molar-refractivity contribution >= 4 is 5.97 Å². The number of carbonyl (C=O) groups is 1. The molecule has 1 N–H and O–H groups in total. The molecule has 1 aromatic heterocycles. The monoisotopic (exact) mass is 262 g/mol. The first-order valence-corrected chi connectivity index (χ1v) is 5.86. The number of hydrogen-bond donors (Lipinski definition) is 1. The Labute approximate surface area is 110 Å². The van der Waals surface area contributed by atoms with Gasteiger partial charge in [-0.15, -0.1) is 0 Å². The first kappa shape index (κ1) is 13.3. The van der Waals surface area contributed by atoms with Crippen LogP contribution in [0.15, 0.2) is 30.3 Å². The van der Waals surface area contributed by atoms with Gasteiger partial charge in [-0.2, -0.15) is 5.10 Å². The number of aromatic nitrogens is 2. The molecule has 100 valence electrons. The molecule has 0 aliphatic heterocycles. The summed E-state index contributed by atoms with van der Waals surface area (Å²) in [6.45, 7) is 2.99. The van der Waals surface area contributed by atoms with Gasteiger partial charge in [-0.05, 0) is 31.0 Å². The van der Waals surface area contributed by atoms with Crippen LogP contribution in [0.25, 0.3) is 11.3 Å². The van der Waals surface area contributed by atoms with Gasteiger partial charge in [-0.3, -0.25) is 4.68 Å². The highest BCUT2D eigenvalue weighted by Gasteiger charge is 2.19. The van der Waals surface area contributed by atoms with Crippen LogP contribution in [0, 0.1) is 0 Å². The Balaban J connectivity index is 2.40. The lowest BCUT2D eigenvalue weighted by Gasteiger charge is -2.14. The molecule has 0 spiro atoms. The van der Waals surface area contributed by atoms with E-state index in [1.165, 1.54) is 24.6 Å². The van der Waals surface area contributed by atoms with Crippen LogP contribution in [0.3, 0.4) is 0 Å². The van der Waals surface area contributed by atoms with Gasteiger partial charge in [0, 0.05) is 7.05 Å². The van der Waals surface area contributed by atoms with Crippen LogP contribution in [0.5, 0.6) is 0 Å². The molecule has 0 aliphatic rings. The minimum absolute atomic E-state index is 0.00704. The standard InChI is InChI=1S/C14H15FN2O2/c1-14(2,15)10-6-4-9(5-7-10)12-8-11(13(18)19)16-17(12)3/h4-8H,1-3H3,(H,18,19). The molecule has 0 fully saturated rings. The van der Waals surface area contributed by atoms with Gasteiger partial charge in [0.2, 0.25) is 0 Å². The van der Waals surface area contributed by atoms with Gasteiger partial charge in [-0.1, -0.05) is 24.3 Å². The number of aryl methyl sites for hydroxylation is 1. The van der Waals surface area contributed by atoms with Crippen LogP contribution in [-0.2, 0) is 12.7 Å². The fourth-order valence-electron chi connectivity index (χ4n) is 1.88. The summed E-state index contributed by atoms with van der Waals surface area (Å²) >= 11 is 0. The molecule has 0 saturated carbocycles. The number of nitrogens with zero attached hydrogens (tertiary/aromatic N) is 2. The third-order valence-electron chi connectivity index (χ3n) is 2.97. The van der Waals surface area contributed by atoms with Crippen LogP contribution in [0.2, 0.25) is 0 Å². The van der Waals surface area contributed by atoms with E-state index in [2.05, 4.69) is 5.10 Å². The molecule has 2 aromatic rings. The van der Waals surface area contributed by atoms with Crippen molar-refractivity contribution in [2.75, 3.05) is 0 Å². The normalized spacial score (nSPS) is 11.6. The number of hydrogen-bond acceptors (Lipinski definition) is 2. The van der Waals surface area contributed by atoms with E-state index in [-0.39, 0.29) is 5.69 Å². The Morgan fingerprint density at radius 3 is 2.32 bits per heavy atom. The van der Waals surface area contributed by atoms with Crippen molar-refractivity contribution in [3.05, 3.63) is 41.6 Å². The predicted molar refractivity (Wildman–Crippen MR) is 69.7 cm³/mol. The van der Waals surface area contributed by atoms with Crippen LogP contribution in [-0.4, -0.2) is 20.9 Å². The molecule has 5 heteroatoms. The predicted octanol–water partition coefficient (Wildman–Crippen LogP) is 2.99. The molecule has 0 amide bonds. The highest BCUT2D eigenvalue weighted by Crippen LogP contribution is 2.27. The van der Waals surface area contributed by atoms with E-state index >= 15 is 0 Å². The highest BCUT2D eigenvalue weighted by molar-refractivity contribution is 5.87. The quantitative estimate of drug-likeness (QED) is 0.925. The maximum Gasteiger partial charge on any atom is 0.356 e. The zero-order chi connectivity index (χ0) is 14.2. The first-order chi connectivity index (χ1) is 8.79. The topological polar surface area (TPSA) is 55.1 Å². The third kappa shape index (κ3) is 2.65. The molecule has 0 atom stereocenters. The summed E-state index contributed by atoms with van der Waals surface area (Å²) in [5, 5.41) is 12.8. The lowest BCUT2D eigenvalue weighted by molar-refractivity contribution is 0.0689. The summed E-state index contributed by atoms with van der Waals surface area (Å²) in [6, 6.07) is 8.42. The van der Waals surface area contributed by atoms with Crippen molar-refractivity contribution in [3.8, 4) is 11.3 Å². The van der Waals surface area contributed by atoms with Crippen LogP contribution >= 0.6 is 0 Å². The van der Waals surface area contributed by atoms with Crippen molar-refractivity contribution in [2.24, 2.45) is 7.05 Å². The van der Waals surface area contributed by atoms with E-state index in [0.717, 1.165) is 5.56 Å². The van der Waals surface area contributed by atoms with Crippen molar-refractivity contribution < 1.29 is 14.3 Å². The third-order valence-corrected chi connectivity index (χ3v) is 2.97. The number of halogens is 1. The second kappa shape index (κ2) is 4.50. The molecule has 1 aromatic carbocycles. The van der Waals surface area contributed by atoms with Gasteiger partial charge in [0.1, 0.15) is 5.67 Å².